The Bertz CT molecular complexity index is 192. The SMILES string of the molecule is CCCCCCCCCCCCCC[N+](C)([O-])CCC. The molecule has 0 spiro atoms. The van der Waals surface area contributed by atoms with Crippen molar-refractivity contribution in [3.8, 4) is 0 Å². The molecule has 0 saturated heterocycles. The molecule has 20 heavy (non-hydrogen) atoms. The van der Waals surface area contributed by atoms with Crippen molar-refractivity contribution in [2.24, 2.45) is 0 Å². The van der Waals surface area contributed by atoms with Gasteiger partial charge >= 0.3 is 0 Å². The largest absolute Gasteiger partial charge is 0.633 e. The maximum atomic E-state index is 11.9. The van der Waals surface area contributed by atoms with Gasteiger partial charge in [0.05, 0.1) is 20.1 Å². The predicted octanol–water partition coefficient (Wildman–Crippen LogP) is 6.04. The van der Waals surface area contributed by atoms with Crippen LogP contribution in [0.3, 0.4) is 0 Å². The summed E-state index contributed by atoms with van der Waals surface area (Å²) in [5.41, 5.74) is 0. The highest BCUT2D eigenvalue weighted by Crippen LogP contribution is 2.13. The van der Waals surface area contributed by atoms with Crippen LogP contribution in [0.2, 0.25) is 0 Å². The molecule has 0 heterocycles. The Labute approximate surface area is 128 Å². The molecule has 0 aromatic heterocycles. The van der Waals surface area contributed by atoms with Gasteiger partial charge in [-0.1, -0.05) is 78.1 Å². The summed E-state index contributed by atoms with van der Waals surface area (Å²) in [5, 5.41) is 11.9. The summed E-state index contributed by atoms with van der Waals surface area (Å²) in [6, 6.07) is 0. The van der Waals surface area contributed by atoms with Crippen molar-refractivity contribution < 1.29 is 4.65 Å². The zero-order valence-electron chi connectivity index (χ0n) is 14.5. The van der Waals surface area contributed by atoms with Crippen molar-refractivity contribution in [1.29, 1.82) is 0 Å². The maximum Gasteiger partial charge on any atom is 0.0781 e. The van der Waals surface area contributed by atoms with E-state index >= 15 is 0 Å². The van der Waals surface area contributed by atoms with Gasteiger partial charge < -0.3 is 9.85 Å². The van der Waals surface area contributed by atoms with Crippen molar-refractivity contribution in [3.63, 3.8) is 0 Å². The van der Waals surface area contributed by atoms with Gasteiger partial charge in [0.25, 0.3) is 0 Å². The number of nitrogens with zero attached hydrogens (tertiary/aromatic N) is 1. The Kier molecular flexibility index (Phi) is 13.8. The van der Waals surface area contributed by atoms with Crippen LogP contribution in [-0.2, 0) is 0 Å². The van der Waals surface area contributed by atoms with E-state index in [1.54, 1.807) is 0 Å². The molecule has 0 fully saturated rings. The average Bonchev–Trinajstić information content (AvgIpc) is 2.40. The Balaban J connectivity index is 3.13. The molecular formula is C18H39NO. The Morgan fingerprint density at radius 1 is 0.550 bits per heavy atom. The lowest BCUT2D eigenvalue weighted by molar-refractivity contribution is -0.861. The fraction of sp³-hybridized carbons (Fsp3) is 1.00. The molecule has 0 aliphatic heterocycles. The number of quaternary nitrogens is 1. The normalized spacial score (nSPS) is 14.4. The average molecular weight is 286 g/mol. The fourth-order valence-corrected chi connectivity index (χ4v) is 2.87. The van der Waals surface area contributed by atoms with E-state index in [1.165, 1.54) is 70.6 Å². The first kappa shape index (κ1) is 19.9. The molecule has 0 aliphatic rings. The fourth-order valence-electron chi connectivity index (χ4n) is 2.87. The number of hydrogen-bond acceptors (Lipinski definition) is 1. The van der Waals surface area contributed by atoms with Gasteiger partial charge in [0.15, 0.2) is 0 Å². The minimum Gasteiger partial charge on any atom is -0.633 e. The highest BCUT2D eigenvalue weighted by Gasteiger charge is 2.07. The number of hydrogen-bond donors (Lipinski definition) is 0. The van der Waals surface area contributed by atoms with E-state index < -0.39 is 0 Å². The van der Waals surface area contributed by atoms with Gasteiger partial charge in [-0.15, -0.1) is 0 Å². The van der Waals surface area contributed by atoms with Gasteiger partial charge in [-0.25, -0.2) is 0 Å². The summed E-state index contributed by atoms with van der Waals surface area (Å²) in [5.74, 6) is 0. The van der Waals surface area contributed by atoms with Crippen LogP contribution >= 0.6 is 0 Å². The predicted molar refractivity (Wildman–Crippen MR) is 90.7 cm³/mol. The summed E-state index contributed by atoms with van der Waals surface area (Å²) in [6.07, 6.45) is 17.3. The Morgan fingerprint density at radius 3 is 1.35 bits per heavy atom. The number of rotatable bonds is 15. The minimum absolute atomic E-state index is 0.0335. The van der Waals surface area contributed by atoms with Crippen LogP contribution in [0.25, 0.3) is 0 Å². The number of hydroxylamine groups is 3. The van der Waals surface area contributed by atoms with E-state index in [1.807, 2.05) is 7.05 Å². The van der Waals surface area contributed by atoms with Crippen LogP contribution in [-0.4, -0.2) is 24.8 Å². The van der Waals surface area contributed by atoms with Gasteiger partial charge in [-0.3, -0.25) is 0 Å². The lowest BCUT2D eigenvalue weighted by Crippen LogP contribution is -2.38. The molecule has 2 nitrogen and oxygen atoms in total. The molecule has 1 unspecified atom stereocenters. The van der Waals surface area contributed by atoms with Crippen LogP contribution < -0.4 is 0 Å². The molecule has 122 valence electrons. The third-order valence-electron chi connectivity index (χ3n) is 4.18. The van der Waals surface area contributed by atoms with E-state index in [9.17, 15) is 5.21 Å². The Morgan fingerprint density at radius 2 is 0.950 bits per heavy atom. The van der Waals surface area contributed by atoms with Crippen LogP contribution in [0.4, 0.5) is 0 Å². The molecule has 0 bridgehead atoms. The standard InChI is InChI=1S/C18H39NO/c1-4-6-7-8-9-10-11-12-13-14-15-16-18-19(3,20)17-5-2/h4-18H2,1-3H3. The van der Waals surface area contributed by atoms with Crippen LogP contribution in [0.15, 0.2) is 0 Å². The van der Waals surface area contributed by atoms with Gasteiger partial charge in [-0.05, 0) is 19.3 Å². The summed E-state index contributed by atoms with van der Waals surface area (Å²) < 4.78 is -0.0335. The highest BCUT2D eigenvalue weighted by molar-refractivity contribution is 4.49. The van der Waals surface area contributed by atoms with Crippen molar-refractivity contribution in [2.45, 2.75) is 97.3 Å². The summed E-state index contributed by atoms with van der Waals surface area (Å²) in [7, 11) is 1.82. The zero-order valence-corrected chi connectivity index (χ0v) is 14.5. The minimum atomic E-state index is -0.0335. The van der Waals surface area contributed by atoms with Crippen LogP contribution in [0.5, 0.6) is 0 Å². The van der Waals surface area contributed by atoms with Gasteiger partial charge in [0.1, 0.15) is 0 Å². The van der Waals surface area contributed by atoms with Crippen LogP contribution in [0.1, 0.15) is 97.3 Å². The second-order valence-electron chi connectivity index (χ2n) is 6.63. The second-order valence-corrected chi connectivity index (χ2v) is 6.63. The van der Waals surface area contributed by atoms with Crippen molar-refractivity contribution in [2.75, 3.05) is 20.1 Å². The van der Waals surface area contributed by atoms with Gasteiger partial charge in [0.2, 0.25) is 0 Å². The van der Waals surface area contributed by atoms with E-state index in [2.05, 4.69) is 13.8 Å². The highest BCUT2D eigenvalue weighted by atomic mass is 16.5. The molecule has 0 amide bonds. The third kappa shape index (κ3) is 14.3. The molecule has 2 heteroatoms. The zero-order chi connectivity index (χ0) is 15.1. The first-order valence-electron chi connectivity index (χ1n) is 9.18. The molecule has 0 aliphatic carbocycles. The van der Waals surface area contributed by atoms with E-state index in [0.29, 0.717) is 0 Å². The van der Waals surface area contributed by atoms with E-state index in [-0.39, 0.29) is 4.65 Å². The molecule has 0 aromatic rings. The van der Waals surface area contributed by atoms with Gasteiger partial charge in [0, 0.05) is 0 Å². The summed E-state index contributed by atoms with van der Waals surface area (Å²) in [4.78, 5) is 0. The lowest BCUT2D eigenvalue weighted by Gasteiger charge is -2.38. The second kappa shape index (κ2) is 13.9. The van der Waals surface area contributed by atoms with Crippen molar-refractivity contribution >= 4 is 0 Å². The first-order valence-corrected chi connectivity index (χ1v) is 9.18. The molecule has 0 saturated carbocycles. The molecule has 0 aromatic carbocycles. The third-order valence-corrected chi connectivity index (χ3v) is 4.18. The lowest BCUT2D eigenvalue weighted by atomic mass is 10.1. The number of unbranched alkanes of at least 4 members (excludes halogenated alkanes) is 11. The molecule has 0 radical (unpaired) electrons. The summed E-state index contributed by atoms with van der Waals surface area (Å²) in [6.45, 7) is 5.95. The van der Waals surface area contributed by atoms with E-state index in [0.717, 1.165) is 25.9 Å². The summed E-state index contributed by atoms with van der Waals surface area (Å²) >= 11 is 0. The van der Waals surface area contributed by atoms with E-state index in [4.69, 9.17) is 0 Å². The molecule has 0 rings (SSSR count). The monoisotopic (exact) mass is 285 g/mol. The molecule has 1 atom stereocenters. The van der Waals surface area contributed by atoms with Crippen molar-refractivity contribution in [1.82, 2.24) is 0 Å². The maximum absolute atomic E-state index is 11.9. The molecular weight excluding hydrogens is 246 g/mol. The first-order chi connectivity index (χ1) is 9.62. The Hall–Kier alpha value is -0.0800. The topological polar surface area (TPSA) is 23.1 Å². The van der Waals surface area contributed by atoms with Crippen molar-refractivity contribution in [3.05, 3.63) is 5.21 Å². The van der Waals surface area contributed by atoms with Crippen LogP contribution in [0, 0.1) is 5.21 Å². The van der Waals surface area contributed by atoms with Gasteiger partial charge in [-0.2, -0.15) is 0 Å². The quantitative estimate of drug-likeness (QED) is 0.204. The smallest absolute Gasteiger partial charge is 0.0781 e. The molecule has 0 N–H and O–H groups in total.